The highest BCUT2D eigenvalue weighted by atomic mass is 35.5. The number of rotatable bonds is 9. The van der Waals surface area contributed by atoms with Gasteiger partial charge in [0.15, 0.2) is 17.5 Å². The molecule has 0 bridgehead atoms. The van der Waals surface area contributed by atoms with Crippen molar-refractivity contribution in [1.29, 1.82) is 0 Å². The molecule has 1 aliphatic heterocycles. The van der Waals surface area contributed by atoms with Gasteiger partial charge in [0, 0.05) is 33.4 Å². The molecule has 2 rings (SSSR count). The van der Waals surface area contributed by atoms with Gasteiger partial charge >= 0.3 is 0 Å². The maximum Gasteiger partial charge on any atom is 0.191 e. The fourth-order valence-corrected chi connectivity index (χ4v) is 2.69. The summed E-state index contributed by atoms with van der Waals surface area (Å²) in [6.07, 6.45) is 3.23. The molecule has 140 valence electrons. The van der Waals surface area contributed by atoms with Crippen molar-refractivity contribution in [1.82, 2.24) is 10.6 Å². The summed E-state index contributed by atoms with van der Waals surface area (Å²) in [5.74, 6) is 2.07. The van der Waals surface area contributed by atoms with Crippen LogP contribution in [0.25, 0.3) is 0 Å². The van der Waals surface area contributed by atoms with Gasteiger partial charge in [0.25, 0.3) is 0 Å². The van der Waals surface area contributed by atoms with Gasteiger partial charge in [-0.2, -0.15) is 0 Å². The molecule has 2 N–H and O–H groups in total. The number of nitrogens with zero attached hydrogens (tertiary/aromatic N) is 1. The Labute approximate surface area is 154 Å². The van der Waals surface area contributed by atoms with Crippen molar-refractivity contribution < 1.29 is 14.2 Å². The molecule has 1 aromatic rings. The monoisotopic (exact) mass is 369 g/mol. The molecule has 0 atom stereocenters. The third kappa shape index (κ3) is 6.63. The van der Waals surface area contributed by atoms with Crippen molar-refractivity contribution in [2.75, 3.05) is 40.0 Å². The number of hydrogen-bond acceptors (Lipinski definition) is 4. The molecule has 1 aliphatic rings. The summed E-state index contributed by atoms with van der Waals surface area (Å²) in [6, 6.07) is 3.83. The Morgan fingerprint density at radius 2 is 2.00 bits per heavy atom. The molecule has 0 fully saturated rings. The van der Waals surface area contributed by atoms with E-state index in [1.165, 1.54) is 6.42 Å². The smallest absolute Gasteiger partial charge is 0.191 e. The minimum atomic E-state index is 0.531. The molecule has 25 heavy (non-hydrogen) atoms. The van der Waals surface area contributed by atoms with Crippen LogP contribution in [-0.2, 0) is 11.3 Å². The first-order valence-electron chi connectivity index (χ1n) is 8.85. The van der Waals surface area contributed by atoms with E-state index in [0.29, 0.717) is 36.3 Å². The van der Waals surface area contributed by atoms with Gasteiger partial charge in [-0.25, -0.2) is 0 Å². The number of unbranched alkanes of at least 4 members (excludes halogenated alkanes) is 1. The Hall–Kier alpha value is -1.66. The number of halogens is 1. The second kappa shape index (κ2) is 11.1. The van der Waals surface area contributed by atoms with E-state index in [0.717, 1.165) is 44.1 Å². The molecule has 0 radical (unpaired) electrons. The summed E-state index contributed by atoms with van der Waals surface area (Å²) in [5, 5.41) is 7.12. The van der Waals surface area contributed by atoms with E-state index in [1.54, 1.807) is 7.05 Å². The molecule has 0 saturated carbocycles. The van der Waals surface area contributed by atoms with Gasteiger partial charge in [0.1, 0.15) is 13.2 Å². The first kappa shape index (κ1) is 19.7. The largest absolute Gasteiger partial charge is 0.486 e. The summed E-state index contributed by atoms with van der Waals surface area (Å²) in [4.78, 5) is 4.22. The lowest BCUT2D eigenvalue weighted by molar-refractivity contribution is 0.129. The molecule has 0 spiro atoms. The summed E-state index contributed by atoms with van der Waals surface area (Å²) in [5.41, 5.74) is 1.01. The fraction of sp³-hybridized carbons (Fsp3) is 0.611. The van der Waals surface area contributed by atoms with Crippen molar-refractivity contribution in [2.24, 2.45) is 4.99 Å². The van der Waals surface area contributed by atoms with Gasteiger partial charge < -0.3 is 24.8 Å². The summed E-state index contributed by atoms with van der Waals surface area (Å²) < 4.78 is 16.7. The van der Waals surface area contributed by atoms with E-state index in [4.69, 9.17) is 25.8 Å². The Bertz CT molecular complexity index is 567. The van der Waals surface area contributed by atoms with E-state index in [-0.39, 0.29) is 0 Å². The van der Waals surface area contributed by atoms with E-state index in [9.17, 15) is 0 Å². The zero-order valence-electron chi connectivity index (χ0n) is 15.1. The number of fused-ring (bicyclic) bond motifs is 1. The average Bonchev–Trinajstić information content (AvgIpc) is 2.63. The zero-order valence-corrected chi connectivity index (χ0v) is 15.8. The topological polar surface area (TPSA) is 64.1 Å². The first-order chi connectivity index (χ1) is 12.2. The number of nitrogens with one attached hydrogen (secondary N) is 2. The van der Waals surface area contributed by atoms with Crippen LogP contribution >= 0.6 is 11.6 Å². The first-order valence-corrected chi connectivity index (χ1v) is 9.22. The minimum Gasteiger partial charge on any atom is -0.486 e. The highest BCUT2D eigenvalue weighted by Gasteiger charge is 2.16. The van der Waals surface area contributed by atoms with Crippen LogP contribution in [0.5, 0.6) is 11.5 Å². The number of guanidine groups is 1. The third-order valence-electron chi connectivity index (χ3n) is 3.74. The Morgan fingerprint density at radius 3 is 2.80 bits per heavy atom. The van der Waals surface area contributed by atoms with E-state index >= 15 is 0 Å². The molecule has 0 aliphatic carbocycles. The Kier molecular flexibility index (Phi) is 8.69. The lowest BCUT2D eigenvalue weighted by Gasteiger charge is -2.20. The highest BCUT2D eigenvalue weighted by molar-refractivity contribution is 6.32. The molecule has 0 amide bonds. The van der Waals surface area contributed by atoms with Crippen molar-refractivity contribution >= 4 is 17.6 Å². The van der Waals surface area contributed by atoms with Gasteiger partial charge in [0.2, 0.25) is 0 Å². The lowest BCUT2D eigenvalue weighted by atomic mass is 10.2. The zero-order chi connectivity index (χ0) is 17.9. The predicted molar refractivity (Wildman–Crippen MR) is 101 cm³/mol. The molecule has 6 nitrogen and oxygen atoms in total. The number of ether oxygens (including phenoxy) is 3. The Balaban J connectivity index is 1.73. The maximum absolute atomic E-state index is 6.26. The number of benzene rings is 1. The van der Waals surface area contributed by atoms with Crippen molar-refractivity contribution in [3.8, 4) is 11.5 Å². The van der Waals surface area contributed by atoms with E-state index in [2.05, 4.69) is 22.5 Å². The molecular weight excluding hydrogens is 342 g/mol. The molecule has 1 aromatic carbocycles. The van der Waals surface area contributed by atoms with Gasteiger partial charge in [0.05, 0.1) is 5.02 Å². The summed E-state index contributed by atoms with van der Waals surface area (Å²) in [7, 11) is 1.75. The van der Waals surface area contributed by atoms with E-state index < -0.39 is 0 Å². The van der Waals surface area contributed by atoms with E-state index in [1.807, 2.05) is 12.1 Å². The van der Waals surface area contributed by atoms with Crippen LogP contribution in [0.2, 0.25) is 5.02 Å². The van der Waals surface area contributed by atoms with Crippen LogP contribution in [0, 0.1) is 0 Å². The van der Waals surface area contributed by atoms with Crippen LogP contribution in [-0.4, -0.2) is 46.0 Å². The van der Waals surface area contributed by atoms with Crippen molar-refractivity contribution in [3.63, 3.8) is 0 Å². The quantitative estimate of drug-likeness (QED) is 0.398. The lowest BCUT2D eigenvalue weighted by Crippen LogP contribution is -2.37. The molecule has 0 aromatic heterocycles. The molecule has 0 saturated heterocycles. The van der Waals surface area contributed by atoms with Gasteiger partial charge in [-0.15, -0.1) is 0 Å². The van der Waals surface area contributed by atoms with Crippen LogP contribution in [0.15, 0.2) is 17.1 Å². The van der Waals surface area contributed by atoms with Crippen LogP contribution in [0.3, 0.4) is 0 Å². The predicted octanol–water partition coefficient (Wildman–Crippen LogP) is 2.98. The van der Waals surface area contributed by atoms with Crippen LogP contribution in [0.1, 0.15) is 31.7 Å². The number of aliphatic imine (C=N–C) groups is 1. The second-order valence-electron chi connectivity index (χ2n) is 5.77. The van der Waals surface area contributed by atoms with Gasteiger partial charge in [-0.1, -0.05) is 24.9 Å². The second-order valence-corrected chi connectivity index (χ2v) is 6.18. The molecular formula is C18H28ClN3O3. The van der Waals surface area contributed by atoms with Crippen molar-refractivity contribution in [2.45, 2.75) is 32.7 Å². The molecule has 7 heteroatoms. The Morgan fingerprint density at radius 1 is 1.20 bits per heavy atom. The number of hydrogen-bond donors (Lipinski definition) is 2. The molecule has 1 heterocycles. The van der Waals surface area contributed by atoms with Crippen LogP contribution < -0.4 is 20.1 Å². The van der Waals surface area contributed by atoms with Gasteiger partial charge in [-0.3, -0.25) is 4.99 Å². The summed E-state index contributed by atoms with van der Waals surface area (Å²) in [6.45, 7) is 6.26. The normalized spacial score (nSPS) is 13.6. The highest BCUT2D eigenvalue weighted by Crippen LogP contribution is 2.38. The average molecular weight is 370 g/mol. The maximum atomic E-state index is 6.26. The third-order valence-corrected chi connectivity index (χ3v) is 4.02. The fourth-order valence-electron chi connectivity index (χ4n) is 2.40. The SMILES string of the molecule is CCCCOCCCNC(=NC)NCc1cc(Cl)c2c(c1)OCCO2. The molecule has 0 unspecified atom stereocenters. The van der Waals surface area contributed by atoms with Crippen LogP contribution in [0.4, 0.5) is 0 Å². The van der Waals surface area contributed by atoms with Gasteiger partial charge in [-0.05, 0) is 30.5 Å². The standard InChI is InChI=1S/C18H28ClN3O3/c1-3-4-7-23-8-5-6-21-18(20-2)22-13-14-11-15(19)17-16(12-14)24-9-10-25-17/h11-12H,3-10,13H2,1-2H3,(H2,20,21,22). The van der Waals surface area contributed by atoms with Crippen molar-refractivity contribution in [3.05, 3.63) is 22.7 Å². The minimum absolute atomic E-state index is 0.531. The summed E-state index contributed by atoms with van der Waals surface area (Å²) >= 11 is 6.26.